The topological polar surface area (TPSA) is 110 Å². The number of aliphatic hydroxyl groups is 4. The molecule has 7 nitrogen and oxygen atoms in total. The van der Waals surface area contributed by atoms with E-state index >= 15 is 0 Å². The van der Waals surface area contributed by atoms with Crippen LogP contribution in [0, 0.1) is 0 Å². The fraction of sp³-hybridized carbons (Fsp3) is 0.857. The average Bonchev–Trinajstić information content (AvgIpc) is 2.19. The summed E-state index contributed by atoms with van der Waals surface area (Å²) in [7, 11) is 0. The van der Waals surface area contributed by atoms with E-state index in [1.807, 2.05) is 0 Å². The maximum absolute atomic E-state index is 11.1. The van der Waals surface area contributed by atoms with E-state index < -0.39 is 38.4 Å². The van der Waals surface area contributed by atoms with Gasteiger partial charge in [-0.1, -0.05) is 0 Å². The highest BCUT2D eigenvalue weighted by molar-refractivity contribution is 5.67. The molecule has 0 rings (SSSR count). The van der Waals surface area contributed by atoms with E-state index in [0.29, 0.717) is 4.90 Å². The number of rotatable bonds is 5. The minimum Gasteiger partial charge on any atom is -0.438 e. The quantitative estimate of drug-likeness (QED) is 0.392. The Morgan fingerprint density at radius 3 is 1.93 bits per heavy atom. The summed E-state index contributed by atoms with van der Waals surface area (Å²) in [6.07, 6.45) is -1.01. The highest BCUT2D eigenvalue weighted by atomic mass is 16.6. The maximum Gasteiger partial charge on any atom is 0.414 e. The largest absolute Gasteiger partial charge is 0.438 e. The fourth-order valence-corrected chi connectivity index (χ4v) is 0.550. The van der Waals surface area contributed by atoms with Crippen molar-refractivity contribution >= 4 is 6.09 Å². The van der Waals surface area contributed by atoms with E-state index in [4.69, 9.17) is 20.4 Å². The molecule has 0 spiro atoms. The number of hydrogen-bond donors (Lipinski definition) is 4. The van der Waals surface area contributed by atoms with Crippen molar-refractivity contribution in [2.45, 2.75) is 12.5 Å². The number of amides is 1. The predicted octanol–water partition coefficient (Wildman–Crippen LogP) is -1.93. The van der Waals surface area contributed by atoms with Crippen LogP contribution >= 0.6 is 0 Å². The first-order valence-corrected chi connectivity index (χ1v) is 3.94. The SMILES string of the molecule is CC(CO)(CO)OC(=O)N(CO)CO. The van der Waals surface area contributed by atoms with Gasteiger partial charge >= 0.3 is 6.09 Å². The lowest BCUT2D eigenvalue weighted by atomic mass is 10.1. The summed E-state index contributed by atoms with van der Waals surface area (Å²) < 4.78 is 4.65. The molecule has 0 aliphatic rings. The number of carbonyl (C=O) groups excluding carboxylic acids is 1. The first kappa shape index (κ1) is 13.1. The van der Waals surface area contributed by atoms with Gasteiger partial charge in [-0.05, 0) is 6.92 Å². The van der Waals surface area contributed by atoms with E-state index in [1.165, 1.54) is 6.92 Å². The molecule has 84 valence electrons. The third kappa shape index (κ3) is 3.46. The molecule has 0 fully saturated rings. The molecule has 1 amide bonds. The van der Waals surface area contributed by atoms with E-state index in [9.17, 15) is 4.79 Å². The fourth-order valence-electron chi connectivity index (χ4n) is 0.550. The Balaban J connectivity index is 4.28. The summed E-state index contributed by atoms with van der Waals surface area (Å²) >= 11 is 0. The lowest BCUT2D eigenvalue weighted by molar-refractivity contribution is -0.0774. The number of aliphatic hydroxyl groups excluding tert-OH is 4. The molecule has 0 aliphatic carbocycles. The maximum atomic E-state index is 11.1. The van der Waals surface area contributed by atoms with Crippen LogP contribution in [0.5, 0.6) is 0 Å². The second kappa shape index (κ2) is 5.76. The van der Waals surface area contributed by atoms with Crippen molar-refractivity contribution in [1.29, 1.82) is 0 Å². The van der Waals surface area contributed by atoms with Crippen molar-refractivity contribution in [3.8, 4) is 0 Å². The van der Waals surface area contributed by atoms with Gasteiger partial charge in [0.1, 0.15) is 13.5 Å². The van der Waals surface area contributed by atoms with Crippen LogP contribution in [0.4, 0.5) is 4.79 Å². The van der Waals surface area contributed by atoms with Gasteiger partial charge in [-0.3, -0.25) is 4.90 Å². The second-order valence-electron chi connectivity index (χ2n) is 2.96. The first-order chi connectivity index (χ1) is 6.52. The van der Waals surface area contributed by atoms with Crippen molar-refractivity contribution in [1.82, 2.24) is 4.90 Å². The van der Waals surface area contributed by atoms with E-state index in [-0.39, 0.29) is 0 Å². The van der Waals surface area contributed by atoms with Crippen LogP contribution in [0.2, 0.25) is 0 Å². The van der Waals surface area contributed by atoms with Gasteiger partial charge in [0, 0.05) is 0 Å². The molecule has 14 heavy (non-hydrogen) atoms. The lowest BCUT2D eigenvalue weighted by Gasteiger charge is -2.27. The molecule has 0 heterocycles. The Kier molecular flexibility index (Phi) is 5.39. The highest BCUT2D eigenvalue weighted by Gasteiger charge is 2.29. The molecule has 0 atom stereocenters. The van der Waals surface area contributed by atoms with Crippen LogP contribution in [-0.2, 0) is 4.74 Å². The molecule has 0 bridgehead atoms. The van der Waals surface area contributed by atoms with Crippen LogP contribution in [0.1, 0.15) is 6.92 Å². The van der Waals surface area contributed by atoms with Crippen molar-refractivity contribution in [2.24, 2.45) is 0 Å². The van der Waals surface area contributed by atoms with Gasteiger partial charge in [0.05, 0.1) is 13.2 Å². The summed E-state index contributed by atoms with van der Waals surface area (Å²) in [5.74, 6) is 0. The molecule has 7 heteroatoms. The molecule has 0 unspecified atom stereocenters. The average molecular weight is 209 g/mol. The van der Waals surface area contributed by atoms with Gasteiger partial charge in [-0.15, -0.1) is 0 Å². The monoisotopic (exact) mass is 209 g/mol. The van der Waals surface area contributed by atoms with Gasteiger partial charge in [0.25, 0.3) is 0 Å². The highest BCUT2D eigenvalue weighted by Crippen LogP contribution is 2.10. The van der Waals surface area contributed by atoms with Crippen molar-refractivity contribution in [3.63, 3.8) is 0 Å². The zero-order valence-corrected chi connectivity index (χ0v) is 7.88. The van der Waals surface area contributed by atoms with Crippen LogP contribution in [0.3, 0.4) is 0 Å². The molecule has 0 aromatic rings. The normalized spacial score (nSPS) is 11.2. The molecular formula is C7H15NO6. The molecule has 0 aromatic heterocycles. The summed E-state index contributed by atoms with van der Waals surface area (Å²) in [4.78, 5) is 11.7. The third-order valence-corrected chi connectivity index (χ3v) is 1.60. The lowest BCUT2D eigenvalue weighted by Crippen LogP contribution is -2.44. The smallest absolute Gasteiger partial charge is 0.414 e. The van der Waals surface area contributed by atoms with Crippen LogP contribution in [0.15, 0.2) is 0 Å². The van der Waals surface area contributed by atoms with Crippen LogP contribution in [0.25, 0.3) is 0 Å². The molecule has 0 aromatic carbocycles. The minimum absolute atomic E-state index is 0.556. The molecule has 0 saturated carbocycles. The number of hydrogen-bond acceptors (Lipinski definition) is 6. The zero-order chi connectivity index (χ0) is 11.2. The van der Waals surface area contributed by atoms with Gasteiger partial charge in [0.2, 0.25) is 0 Å². The summed E-state index contributed by atoms with van der Waals surface area (Å²) in [6, 6.07) is 0. The third-order valence-electron chi connectivity index (χ3n) is 1.60. The Labute approximate surface area is 81.1 Å². The number of carbonyl (C=O) groups is 1. The number of nitrogens with zero attached hydrogens (tertiary/aromatic N) is 1. The molecular weight excluding hydrogens is 194 g/mol. The Morgan fingerprint density at radius 2 is 1.64 bits per heavy atom. The zero-order valence-electron chi connectivity index (χ0n) is 7.88. The minimum atomic E-state index is -1.42. The first-order valence-electron chi connectivity index (χ1n) is 3.94. The van der Waals surface area contributed by atoms with Gasteiger partial charge in [0.15, 0.2) is 5.60 Å². The van der Waals surface area contributed by atoms with Crippen molar-refractivity contribution in [2.75, 3.05) is 26.7 Å². The Bertz CT molecular complexity index is 177. The molecule has 0 radical (unpaired) electrons. The van der Waals surface area contributed by atoms with E-state index in [1.54, 1.807) is 0 Å². The van der Waals surface area contributed by atoms with Gasteiger partial charge < -0.3 is 25.2 Å². The summed E-state index contributed by atoms with van der Waals surface area (Å²) in [6.45, 7) is -1.21. The molecule has 4 N–H and O–H groups in total. The van der Waals surface area contributed by atoms with Crippen molar-refractivity contribution < 1.29 is 30.0 Å². The predicted molar refractivity (Wildman–Crippen MR) is 45.1 cm³/mol. The van der Waals surface area contributed by atoms with Crippen LogP contribution in [-0.4, -0.2) is 63.7 Å². The van der Waals surface area contributed by atoms with Gasteiger partial charge in [-0.25, -0.2) is 4.79 Å². The Hall–Kier alpha value is -0.890. The van der Waals surface area contributed by atoms with Gasteiger partial charge in [-0.2, -0.15) is 0 Å². The number of ether oxygens (including phenoxy) is 1. The molecule has 0 saturated heterocycles. The Morgan fingerprint density at radius 1 is 1.21 bits per heavy atom. The second-order valence-corrected chi connectivity index (χ2v) is 2.96. The van der Waals surface area contributed by atoms with E-state index in [2.05, 4.69) is 4.74 Å². The summed E-state index contributed by atoms with van der Waals surface area (Å²) in [5, 5.41) is 34.7. The van der Waals surface area contributed by atoms with Crippen LogP contribution < -0.4 is 0 Å². The van der Waals surface area contributed by atoms with E-state index in [0.717, 1.165) is 0 Å². The molecule has 0 aliphatic heterocycles. The summed E-state index contributed by atoms with van der Waals surface area (Å²) in [5.41, 5.74) is -1.42. The standard InChI is InChI=1S/C7H15NO6/c1-7(2-9,3-10)14-6(13)8(4-11)5-12/h9-12H,2-5H2,1H3. The van der Waals surface area contributed by atoms with Crippen molar-refractivity contribution in [3.05, 3.63) is 0 Å².